The molecule has 2 aromatic rings. The number of amides is 1. The average Bonchev–Trinajstić information content (AvgIpc) is 2.62. The van der Waals surface area contributed by atoms with Gasteiger partial charge in [0.25, 0.3) is 5.91 Å². The van der Waals surface area contributed by atoms with E-state index in [-0.39, 0.29) is 11.9 Å². The van der Waals surface area contributed by atoms with Crippen LogP contribution in [0.25, 0.3) is 0 Å². The molecule has 2 N–H and O–H groups in total. The van der Waals surface area contributed by atoms with E-state index in [0.717, 1.165) is 31.5 Å². The van der Waals surface area contributed by atoms with Crippen molar-refractivity contribution in [3.63, 3.8) is 0 Å². The molecule has 0 aromatic heterocycles. The summed E-state index contributed by atoms with van der Waals surface area (Å²) in [5, 5.41) is 3.01. The SMILES string of the molecule is CCC(C)NC(=O)c1ccc(C[NH+]2CCc3ccccc3C2)cc1. The number of fused-ring (bicyclic) bond motifs is 1. The Morgan fingerprint density at radius 1 is 1.12 bits per heavy atom. The molecule has 0 spiro atoms. The van der Waals surface area contributed by atoms with Gasteiger partial charge in [0.1, 0.15) is 13.1 Å². The van der Waals surface area contributed by atoms with Gasteiger partial charge in [-0.2, -0.15) is 0 Å². The fraction of sp³-hybridized carbons (Fsp3) is 0.381. The fourth-order valence-corrected chi connectivity index (χ4v) is 3.27. The first kappa shape index (κ1) is 16.7. The first-order chi connectivity index (χ1) is 11.7. The maximum atomic E-state index is 12.1. The summed E-state index contributed by atoms with van der Waals surface area (Å²) in [6, 6.07) is 17.1. The maximum absolute atomic E-state index is 12.1. The fourth-order valence-electron chi connectivity index (χ4n) is 3.27. The molecule has 2 atom stereocenters. The summed E-state index contributed by atoms with van der Waals surface area (Å²) in [4.78, 5) is 13.7. The Kier molecular flexibility index (Phi) is 5.31. The van der Waals surface area contributed by atoms with Crippen LogP contribution >= 0.6 is 0 Å². The summed E-state index contributed by atoms with van der Waals surface area (Å²) >= 11 is 0. The highest BCUT2D eigenvalue weighted by molar-refractivity contribution is 5.94. The van der Waals surface area contributed by atoms with Crippen molar-refractivity contribution < 1.29 is 9.69 Å². The third kappa shape index (κ3) is 4.04. The van der Waals surface area contributed by atoms with E-state index in [4.69, 9.17) is 0 Å². The summed E-state index contributed by atoms with van der Waals surface area (Å²) in [6.07, 6.45) is 2.10. The standard InChI is InChI=1S/C21H26N2O/c1-3-16(2)22-21(24)19-10-8-17(9-11-19)14-23-13-12-18-6-4-5-7-20(18)15-23/h4-11,16H,3,12-15H2,1-2H3,(H,22,24)/p+1. The minimum Gasteiger partial charge on any atom is -0.350 e. The predicted molar refractivity (Wildman–Crippen MR) is 97.0 cm³/mol. The van der Waals surface area contributed by atoms with Crippen LogP contribution in [0.15, 0.2) is 48.5 Å². The van der Waals surface area contributed by atoms with Crippen LogP contribution in [0.3, 0.4) is 0 Å². The smallest absolute Gasteiger partial charge is 0.251 e. The summed E-state index contributed by atoms with van der Waals surface area (Å²) in [6.45, 7) is 7.39. The lowest BCUT2D eigenvalue weighted by atomic mass is 9.99. The predicted octanol–water partition coefficient (Wildman–Crippen LogP) is 2.36. The van der Waals surface area contributed by atoms with Crippen LogP contribution in [-0.2, 0) is 19.5 Å². The number of benzene rings is 2. The van der Waals surface area contributed by atoms with Gasteiger partial charge in [-0.25, -0.2) is 0 Å². The molecule has 3 nitrogen and oxygen atoms in total. The molecule has 0 bridgehead atoms. The minimum atomic E-state index is 0.0233. The summed E-state index contributed by atoms with van der Waals surface area (Å²) in [7, 11) is 0. The molecule has 2 unspecified atom stereocenters. The van der Waals surface area contributed by atoms with Crippen molar-refractivity contribution in [2.24, 2.45) is 0 Å². The second-order valence-electron chi connectivity index (χ2n) is 6.85. The van der Waals surface area contributed by atoms with Crippen molar-refractivity contribution in [3.05, 3.63) is 70.8 Å². The topological polar surface area (TPSA) is 33.5 Å². The van der Waals surface area contributed by atoms with Crippen molar-refractivity contribution in [3.8, 4) is 0 Å². The third-order valence-electron chi connectivity index (χ3n) is 4.97. The van der Waals surface area contributed by atoms with Gasteiger partial charge in [-0.3, -0.25) is 4.79 Å². The zero-order valence-electron chi connectivity index (χ0n) is 14.6. The van der Waals surface area contributed by atoms with E-state index in [1.54, 1.807) is 4.90 Å². The van der Waals surface area contributed by atoms with Crippen molar-refractivity contribution in [1.82, 2.24) is 5.32 Å². The highest BCUT2D eigenvalue weighted by atomic mass is 16.1. The molecular weight excluding hydrogens is 296 g/mol. The summed E-state index contributed by atoms with van der Waals surface area (Å²) in [5.74, 6) is 0.0233. The van der Waals surface area contributed by atoms with Gasteiger partial charge in [0, 0.05) is 29.2 Å². The Labute approximate surface area is 144 Å². The lowest BCUT2D eigenvalue weighted by Gasteiger charge is -2.26. The Morgan fingerprint density at radius 3 is 2.54 bits per heavy atom. The number of quaternary nitrogens is 1. The van der Waals surface area contributed by atoms with Gasteiger partial charge >= 0.3 is 0 Å². The molecule has 24 heavy (non-hydrogen) atoms. The zero-order valence-corrected chi connectivity index (χ0v) is 14.6. The van der Waals surface area contributed by atoms with Crippen molar-refractivity contribution in [2.45, 2.75) is 45.8 Å². The van der Waals surface area contributed by atoms with E-state index in [9.17, 15) is 4.79 Å². The van der Waals surface area contributed by atoms with Crippen LogP contribution < -0.4 is 10.2 Å². The van der Waals surface area contributed by atoms with E-state index in [2.05, 4.69) is 48.6 Å². The maximum Gasteiger partial charge on any atom is 0.251 e. The molecular formula is C21H27N2O+. The van der Waals surface area contributed by atoms with Gasteiger partial charge in [0.05, 0.1) is 6.54 Å². The van der Waals surface area contributed by atoms with Gasteiger partial charge in [-0.1, -0.05) is 43.3 Å². The van der Waals surface area contributed by atoms with E-state index < -0.39 is 0 Å². The number of hydrogen-bond acceptors (Lipinski definition) is 1. The van der Waals surface area contributed by atoms with Gasteiger partial charge in [0.2, 0.25) is 0 Å². The molecule has 0 radical (unpaired) electrons. The van der Waals surface area contributed by atoms with Gasteiger partial charge in [-0.15, -0.1) is 0 Å². The Morgan fingerprint density at radius 2 is 1.83 bits per heavy atom. The van der Waals surface area contributed by atoms with Crippen LogP contribution in [0.1, 0.15) is 47.3 Å². The van der Waals surface area contributed by atoms with E-state index >= 15 is 0 Å². The molecule has 3 rings (SSSR count). The molecule has 3 heteroatoms. The van der Waals surface area contributed by atoms with Crippen molar-refractivity contribution >= 4 is 5.91 Å². The lowest BCUT2D eigenvalue weighted by molar-refractivity contribution is -0.929. The second-order valence-corrected chi connectivity index (χ2v) is 6.85. The molecule has 126 valence electrons. The van der Waals surface area contributed by atoms with Crippen LogP contribution in [-0.4, -0.2) is 18.5 Å². The van der Waals surface area contributed by atoms with E-state index in [1.165, 1.54) is 23.2 Å². The number of hydrogen-bond donors (Lipinski definition) is 2. The molecule has 1 heterocycles. The summed E-state index contributed by atoms with van der Waals surface area (Å²) in [5.41, 5.74) is 5.02. The monoisotopic (exact) mass is 323 g/mol. The summed E-state index contributed by atoms with van der Waals surface area (Å²) < 4.78 is 0. The molecule has 0 saturated heterocycles. The molecule has 0 aliphatic carbocycles. The molecule has 0 fully saturated rings. The number of carbonyl (C=O) groups is 1. The quantitative estimate of drug-likeness (QED) is 0.870. The van der Waals surface area contributed by atoms with Crippen LogP contribution in [0.4, 0.5) is 0 Å². The minimum absolute atomic E-state index is 0.0233. The first-order valence-electron chi connectivity index (χ1n) is 8.96. The Balaban J connectivity index is 1.60. The molecule has 1 amide bonds. The number of rotatable bonds is 5. The molecule has 1 aliphatic heterocycles. The lowest BCUT2D eigenvalue weighted by Crippen LogP contribution is -3.10. The second kappa shape index (κ2) is 7.63. The molecule has 1 aliphatic rings. The van der Waals surface area contributed by atoms with E-state index in [0.29, 0.717) is 0 Å². The highest BCUT2D eigenvalue weighted by Crippen LogP contribution is 2.11. The largest absolute Gasteiger partial charge is 0.350 e. The van der Waals surface area contributed by atoms with Gasteiger partial charge in [-0.05, 0) is 31.0 Å². The van der Waals surface area contributed by atoms with Gasteiger partial charge in [0.15, 0.2) is 0 Å². The van der Waals surface area contributed by atoms with Crippen LogP contribution in [0.5, 0.6) is 0 Å². The first-order valence-corrected chi connectivity index (χ1v) is 8.96. The Hall–Kier alpha value is -2.13. The highest BCUT2D eigenvalue weighted by Gasteiger charge is 2.19. The Bertz CT molecular complexity index is 693. The molecule has 2 aromatic carbocycles. The number of carbonyl (C=O) groups excluding carboxylic acids is 1. The zero-order chi connectivity index (χ0) is 16.9. The average molecular weight is 323 g/mol. The number of nitrogens with one attached hydrogen (secondary N) is 2. The van der Waals surface area contributed by atoms with Crippen LogP contribution in [0.2, 0.25) is 0 Å². The third-order valence-corrected chi connectivity index (χ3v) is 4.97. The van der Waals surface area contributed by atoms with Gasteiger partial charge < -0.3 is 10.2 Å². The molecule has 0 saturated carbocycles. The van der Waals surface area contributed by atoms with Crippen molar-refractivity contribution in [2.75, 3.05) is 6.54 Å². The normalized spacial score (nSPS) is 17.8. The van der Waals surface area contributed by atoms with Crippen LogP contribution in [0, 0.1) is 0 Å². The van der Waals surface area contributed by atoms with Crippen molar-refractivity contribution in [1.29, 1.82) is 0 Å². The van der Waals surface area contributed by atoms with E-state index in [1.807, 2.05) is 19.1 Å².